The third-order valence-electron chi connectivity index (χ3n) is 10.5. The lowest BCUT2D eigenvalue weighted by Gasteiger charge is -2.12. The summed E-state index contributed by atoms with van der Waals surface area (Å²) in [6.07, 6.45) is 7.45. The van der Waals surface area contributed by atoms with Crippen LogP contribution in [0.3, 0.4) is 0 Å². The third kappa shape index (κ3) is 5.74. The van der Waals surface area contributed by atoms with Crippen molar-refractivity contribution in [3.63, 3.8) is 0 Å². The van der Waals surface area contributed by atoms with Crippen LogP contribution in [0.25, 0.3) is 22.3 Å². The highest BCUT2D eigenvalue weighted by Crippen LogP contribution is 2.40. The highest BCUT2D eigenvalue weighted by Gasteiger charge is 2.22. The van der Waals surface area contributed by atoms with Gasteiger partial charge in [-0.3, -0.25) is 0 Å². The average Bonchev–Trinajstić information content (AvgIpc) is 3.60. The van der Waals surface area contributed by atoms with Gasteiger partial charge >= 0.3 is 0 Å². The van der Waals surface area contributed by atoms with Crippen molar-refractivity contribution in [3.05, 3.63) is 188 Å². The van der Waals surface area contributed by atoms with Crippen molar-refractivity contribution in [1.29, 1.82) is 0 Å². The Kier molecular flexibility index (Phi) is 7.45. The molecule has 46 heavy (non-hydrogen) atoms. The highest BCUT2D eigenvalue weighted by molar-refractivity contribution is 5.79. The van der Waals surface area contributed by atoms with E-state index in [1.807, 2.05) is 0 Å². The maximum Gasteiger partial charge on any atom is -0.00133 e. The van der Waals surface area contributed by atoms with E-state index in [4.69, 9.17) is 0 Å². The Morgan fingerprint density at radius 1 is 0.370 bits per heavy atom. The van der Waals surface area contributed by atoms with Crippen LogP contribution in [-0.4, -0.2) is 0 Å². The number of aryl methyl sites for hydroxylation is 7. The third-order valence-corrected chi connectivity index (χ3v) is 10.5. The van der Waals surface area contributed by atoms with Crippen LogP contribution in [0, 0.1) is 20.8 Å². The number of hydrogen-bond donors (Lipinski definition) is 0. The van der Waals surface area contributed by atoms with Crippen molar-refractivity contribution in [2.45, 2.75) is 65.7 Å². The van der Waals surface area contributed by atoms with E-state index >= 15 is 0 Å². The molecule has 2 aliphatic carbocycles. The van der Waals surface area contributed by atoms with Crippen LogP contribution in [0.2, 0.25) is 0 Å². The molecule has 0 N–H and O–H groups in total. The minimum absolute atomic E-state index is 0.994. The minimum Gasteiger partial charge on any atom is -0.0591 e. The summed E-state index contributed by atoms with van der Waals surface area (Å²) in [6.45, 7) is 6.63. The summed E-state index contributed by atoms with van der Waals surface area (Å²) in [5.74, 6) is 0. The molecule has 0 heterocycles. The first-order valence-electron chi connectivity index (χ1n) is 17.0. The zero-order chi connectivity index (χ0) is 31.2. The summed E-state index contributed by atoms with van der Waals surface area (Å²) in [5, 5.41) is 0. The largest absolute Gasteiger partial charge is 0.0591 e. The summed E-state index contributed by atoms with van der Waals surface area (Å²) in [7, 11) is 0. The van der Waals surface area contributed by atoms with Crippen LogP contribution in [0.5, 0.6) is 0 Å². The molecule has 0 amide bonds. The molecule has 8 rings (SSSR count). The molecule has 0 heteroatoms. The van der Waals surface area contributed by atoms with Gasteiger partial charge in [-0.15, -0.1) is 0 Å². The van der Waals surface area contributed by atoms with Gasteiger partial charge in [0.2, 0.25) is 0 Å². The fourth-order valence-corrected chi connectivity index (χ4v) is 7.70. The monoisotopic (exact) mass is 594 g/mol. The SMILES string of the molecule is Cc1ccc(CCc2ccc(CCc3ccc4c(c3)Cc3cc(Cc5cc6c(cc5C)-c5cc(C)ccc5C6)ccc3-4)cc2)cc1. The van der Waals surface area contributed by atoms with Crippen molar-refractivity contribution in [3.8, 4) is 22.3 Å². The van der Waals surface area contributed by atoms with E-state index in [2.05, 4.69) is 136 Å². The lowest BCUT2D eigenvalue weighted by molar-refractivity contribution is 0.938. The molecule has 0 saturated heterocycles. The van der Waals surface area contributed by atoms with Gasteiger partial charge in [-0.2, -0.15) is 0 Å². The Labute approximate surface area is 274 Å². The van der Waals surface area contributed by atoms with Crippen LogP contribution in [0.1, 0.15) is 72.3 Å². The predicted molar refractivity (Wildman–Crippen MR) is 194 cm³/mol. The number of fused-ring (bicyclic) bond motifs is 6. The van der Waals surface area contributed by atoms with E-state index in [-0.39, 0.29) is 0 Å². The summed E-state index contributed by atoms with van der Waals surface area (Å²) < 4.78 is 0. The Morgan fingerprint density at radius 3 is 1.52 bits per heavy atom. The molecule has 0 nitrogen and oxygen atoms in total. The van der Waals surface area contributed by atoms with Gasteiger partial charge in [0.15, 0.2) is 0 Å². The van der Waals surface area contributed by atoms with Gasteiger partial charge in [0.05, 0.1) is 0 Å². The van der Waals surface area contributed by atoms with E-state index < -0.39 is 0 Å². The summed E-state index contributed by atoms with van der Waals surface area (Å²) in [5.41, 5.74) is 24.3. The van der Waals surface area contributed by atoms with Crippen LogP contribution < -0.4 is 0 Å². The standard InChI is InChI=1S/C46H42/c1-30-4-7-33(8-5-30)9-10-34-11-13-35(14-12-34)15-16-36-17-20-43-40(24-36)29-41-26-37(18-21-44(41)43)25-39-28-42-27-38-19-6-31(2)22-45(38)46(42)23-32(39)3/h4-8,11-14,17-24,26,28H,9-10,15-16,25,27,29H2,1-3H3. The Balaban J connectivity index is 0.907. The second-order valence-corrected chi connectivity index (χ2v) is 13.9. The fraction of sp³-hybridized carbons (Fsp3) is 0.217. The summed E-state index contributed by atoms with van der Waals surface area (Å²) in [6, 6.07) is 44.5. The number of hydrogen-bond acceptors (Lipinski definition) is 0. The van der Waals surface area contributed by atoms with E-state index in [0.29, 0.717) is 0 Å². The Bertz CT molecular complexity index is 2070. The second kappa shape index (κ2) is 11.9. The molecular weight excluding hydrogens is 553 g/mol. The van der Waals surface area contributed by atoms with E-state index in [1.165, 1.54) is 94.6 Å². The quantitative estimate of drug-likeness (QED) is 0.164. The lowest BCUT2D eigenvalue weighted by atomic mass is 9.93. The van der Waals surface area contributed by atoms with E-state index in [1.54, 1.807) is 0 Å². The van der Waals surface area contributed by atoms with Crippen molar-refractivity contribution in [2.75, 3.05) is 0 Å². The maximum absolute atomic E-state index is 2.48. The van der Waals surface area contributed by atoms with Crippen LogP contribution in [0.15, 0.2) is 115 Å². The molecule has 226 valence electrons. The normalized spacial score (nSPS) is 12.5. The summed E-state index contributed by atoms with van der Waals surface area (Å²) in [4.78, 5) is 0. The molecule has 6 aromatic carbocycles. The molecule has 0 atom stereocenters. The zero-order valence-electron chi connectivity index (χ0n) is 27.4. The van der Waals surface area contributed by atoms with Gasteiger partial charge < -0.3 is 0 Å². The molecule has 0 radical (unpaired) electrons. The van der Waals surface area contributed by atoms with Crippen molar-refractivity contribution >= 4 is 0 Å². The summed E-state index contributed by atoms with van der Waals surface area (Å²) >= 11 is 0. The molecule has 0 aliphatic heterocycles. The van der Waals surface area contributed by atoms with E-state index in [0.717, 1.165) is 44.9 Å². The Morgan fingerprint density at radius 2 is 0.848 bits per heavy atom. The van der Waals surface area contributed by atoms with E-state index in [9.17, 15) is 0 Å². The molecule has 0 fully saturated rings. The number of rotatable bonds is 8. The zero-order valence-corrected chi connectivity index (χ0v) is 27.4. The number of benzene rings is 6. The van der Waals surface area contributed by atoms with Gasteiger partial charge in [-0.05, 0) is 149 Å². The van der Waals surface area contributed by atoms with Crippen LogP contribution in [0.4, 0.5) is 0 Å². The average molecular weight is 595 g/mol. The molecule has 0 spiro atoms. The highest BCUT2D eigenvalue weighted by atomic mass is 14.3. The molecule has 6 aromatic rings. The first-order chi connectivity index (χ1) is 22.4. The van der Waals surface area contributed by atoms with Crippen molar-refractivity contribution in [1.82, 2.24) is 0 Å². The molecule has 0 bridgehead atoms. The molecule has 0 aromatic heterocycles. The van der Waals surface area contributed by atoms with Crippen molar-refractivity contribution in [2.24, 2.45) is 0 Å². The van der Waals surface area contributed by atoms with Gasteiger partial charge in [0.1, 0.15) is 0 Å². The first kappa shape index (κ1) is 28.8. The minimum atomic E-state index is 0.994. The van der Waals surface area contributed by atoms with Gasteiger partial charge in [0, 0.05) is 0 Å². The first-order valence-corrected chi connectivity index (χ1v) is 17.0. The molecule has 0 unspecified atom stereocenters. The van der Waals surface area contributed by atoms with Gasteiger partial charge in [0.25, 0.3) is 0 Å². The Hall–Kier alpha value is -4.68. The van der Waals surface area contributed by atoms with Gasteiger partial charge in [-0.1, -0.05) is 126 Å². The fourth-order valence-electron chi connectivity index (χ4n) is 7.70. The van der Waals surface area contributed by atoms with Crippen LogP contribution >= 0.6 is 0 Å². The smallest absolute Gasteiger partial charge is 0.00133 e. The topological polar surface area (TPSA) is 0 Å². The van der Waals surface area contributed by atoms with Gasteiger partial charge in [-0.25, -0.2) is 0 Å². The lowest BCUT2D eigenvalue weighted by Crippen LogP contribution is -1.96. The molecule has 2 aliphatic rings. The molecular formula is C46H42. The van der Waals surface area contributed by atoms with Crippen LogP contribution in [-0.2, 0) is 44.9 Å². The molecule has 0 saturated carbocycles. The predicted octanol–water partition coefficient (Wildman–Crippen LogP) is 10.9. The van der Waals surface area contributed by atoms with Crippen molar-refractivity contribution < 1.29 is 0 Å². The maximum atomic E-state index is 2.48. The second-order valence-electron chi connectivity index (χ2n) is 13.9.